The number of methoxy groups -OCH3 is 1. The van der Waals surface area contributed by atoms with Crippen molar-refractivity contribution in [3.63, 3.8) is 0 Å². The van der Waals surface area contributed by atoms with E-state index in [0.717, 1.165) is 24.7 Å². The van der Waals surface area contributed by atoms with Crippen LogP contribution in [-0.4, -0.2) is 25.5 Å². The fourth-order valence-electron chi connectivity index (χ4n) is 2.64. The van der Waals surface area contributed by atoms with E-state index in [2.05, 4.69) is 0 Å². The maximum atomic E-state index is 12.7. The molecule has 0 radical (unpaired) electrons. The molecule has 0 aliphatic rings. The minimum Gasteiger partial charge on any atom is -0.497 e. The molecule has 2 rings (SSSR count). The van der Waals surface area contributed by atoms with Crippen LogP contribution in [0.15, 0.2) is 54.6 Å². The SMILES string of the molecule is CCCC[C@H](C=O)N(C(=O)OCc1ccccc1)c1ccc(OC)cc1. The third kappa shape index (κ3) is 5.34. The molecule has 0 aliphatic heterocycles. The summed E-state index contributed by atoms with van der Waals surface area (Å²) in [4.78, 5) is 25.8. The molecule has 0 saturated heterocycles. The Hall–Kier alpha value is -2.82. The Kier molecular flexibility index (Phi) is 7.68. The second kappa shape index (κ2) is 10.2. The summed E-state index contributed by atoms with van der Waals surface area (Å²) < 4.78 is 10.6. The highest BCUT2D eigenvalue weighted by Crippen LogP contribution is 2.24. The molecule has 138 valence electrons. The smallest absolute Gasteiger partial charge is 0.415 e. The van der Waals surface area contributed by atoms with E-state index >= 15 is 0 Å². The van der Waals surface area contributed by atoms with Crippen molar-refractivity contribution < 1.29 is 19.1 Å². The number of carbonyl (C=O) groups excluding carboxylic acids is 2. The average molecular weight is 355 g/mol. The van der Waals surface area contributed by atoms with Crippen molar-refractivity contribution in [3.8, 4) is 5.75 Å². The van der Waals surface area contributed by atoms with Gasteiger partial charge >= 0.3 is 6.09 Å². The Balaban J connectivity index is 2.19. The molecular formula is C21H25NO4. The molecule has 0 heterocycles. The Labute approximate surface area is 154 Å². The van der Waals surface area contributed by atoms with Crippen molar-refractivity contribution in [1.29, 1.82) is 0 Å². The van der Waals surface area contributed by atoms with Gasteiger partial charge in [0.05, 0.1) is 13.2 Å². The van der Waals surface area contributed by atoms with Crippen LogP contribution in [0.5, 0.6) is 5.75 Å². The van der Waals surface area contributed by atoms with Crippen LogP contribution in [0.25, 0.3) is 0 Å². The molecule has 0 spiro atoms. The molecule has 0 bridgehead atoms. The lowest BCUT2D eigenvalue weighted by Crippen LogP contribution is -2.42. The number of rotatable bonds is 9. The van der Waals surface area contributed by atoms with Gasteiger partial charge in [0, 0.05) is 5.69 Å². The second-order valence-electron chi connectivity index (χ2n) is 5.95. The number of ether oxygens (including phenoxy) is 2. The van der Waals surface area contributed by atoms with Crippen molar-refractivity contribution in [1.82, 2.24) is 0 Å². The molecular weight excluding hydrogens is 330 g/mol. The molecule has 0 unspecified atom stereocenters. The number of hydrogen-bond acceptors (Lipinski definition) is 4. The van der Waals surface area contributed by atoms with Crippen molar-refractivity contribution in [3.05, 3.63) is 60.2 Å². The van der Waals surface area contributed by atoms with Gasteiger partial charge in [0.1, 0.15) is 18.6 Å². The van der Waals surface area contributed by atoms with Crippen LogP contribution in [0.2, 0.25) is 0 Å². The van der Waals surface area contributed by atoms with E-state index in [-0.39, 0.29) is 6.61 Å². The standard InChI is InChI=1S/C21H25NO4/c1-3-4-10-19(15-23)22(18-11-13-20(25-2)14-12-18)21(24)26-16-17-8-6-5-7-9-17/h5-9,11-15,19H,3-4,10,16H2,1-2H3/t19-/m1/s1. The molecule has 0 aromatic heterocycles. The Morgan fingerprint density at radius 3 is 2.38 bits per heavy atom. The molecule has 1 atom stereocenters. The first-order valence-electron chi connectivity index (χ1n) is 8.78. The summed E-state index contributed by atoms with van der Waals surface area (Å²) in [6, 6.07) is 15.9. The number of carbonyl (C=O) groups is 2. The highest BCUT2D eigenvalue weighted by Gasteiger charge is 2.26. The van der Waals surface area contributed by atoms with Crippen LogP contribution >= 0.6 is 0 Å². The first-order valence-corrected chi connectivity index (χ1v) is 8.78. The minimum atomic E-state index is -0.563. The number of anilines is 1. The Morgan fingerprint density at radius 1 is 1.12 bits per heavy atom. The van der Waals surface area contributed by atoms with Gasteiger partial charge in [0.15, 0.2) is 0 Å². The van der Waals surface area contributed by atoms with Gasteiger partial charge in [-0.2, -0.15) is 0 Å². The zero-order valence-corrected chi connectivity index (χ0v) is 15.3. The van der Waals surface area contributed by atoms with Crippen LogP contribution in [0.1, 0.15) is 31.7 Å². The molecule has 0 N–H and O–H groups in total. The first-order chi connectivity index (χ1) is 12.7. The normalized spacial score (nSPS) is 11.5. The first kappa shape index (κ1) is 19.5. The van der Waals surface area contributed by atoms with Gasteiger partial charge in [-0.3, -0.25) is 4.90 Å². The molecule has 26 heavy (non-hydrogen) atoms. The highest BCUT2D eigenvalue weighted by atomic mass is 16.6. The molecule has 1 amide bonds. The molecule has 0 fully saturated rings. The van der Waals surface area contributed by atoms with Crippen LogP contribution in [0.4, 0.5) is 10.5 Å². The quantitative estimate of drug-likeness (QED) is 0.617. The molecule has 5 heteroatoms. The zero-order valence-electron chi connectivity index (χ0n) is 15.3. The van der Waals surface area contributed by atoms with E-state index in [1.54, 1.807) is 31.4 Å². The van der Waals surface area contributed by atoms with Gasteiger partial charge < -0.3 is 14.3 Å². The number of unbranched alkanes of at least 4 members (excludes halogenated alkanes) is 1. The highest BCUT2D eigenvalue weighted by molar-refractivity contribution is 5.92. The number of hydrogen-bond donors (Lipinski definition) is 0. The fourth-order valence-corrected chi connectivity index (χ4v) is 2.64. The molecule has 5 nitrogen and oxygen atoms in total. The monoisotopic (exact) mass is 355 g/mol. The Morgan fingerprint density at radius 2 is 1.81 bits per heavy atom. The number of amides is 1. The van der Waals surface area contributed by atoms with Crippen molar-refractivity contribution in [2.75, 3.05) is 12.0 Å². The van der Waals surface area contributed by atoms with Gasteiger partial charge in [-0.15, -0.1) is 0 Å². The van der Waals surface area contributed by atoms with Crippen molar-refractivity contribution in [2.45, 2.75) is 38.8 Å². The van der Waals surface area contributed by atoms with Crippen LogP contribution < -0.4 is 9.64 Å². The van der Waals surface area contributed by atoms with Crippen LogP contribution in [0.3, 0.4) is 0 Å². The molecule has 0 saturated carbocycles. The summed E-state index contributed by atoms with van der Waals surface area (Å²) in [5.74, 6) is 0.683. The lowest BCUT2D eigenvalue weighted by atomic mass is 10.1. The molecule has 2 aromatic rings. The summed E-state index contributed by atoms with van der Waals surface area (Å²) in [6.07, 6.45) is 2.66. The van der Waals surface area contributed by atoms with Crippen LogP contribution in [-0.2, 0) is 16.1 Å². The number of benzene rings is 2. The largest absolute Gasteiger partial charge is 0.497 e. The van der Waals surface area contributed by atoms with Crippen molar-refractivity contribution >= 4 is 18.1 Å². The van der Waals surface area contributed by atoms with E-state index in [9.17, 15) is 9.59 Å². The predicted octanol–water partition coefficient (Wildman–Crippen LogP) is 4.60. The topological polar surface area (TPSA) is 55.8 Å². The third-order valence-electron chi connectivity index (χ3n) is 4.09. The maximum Gasteiger partial charge on any atom is 0.415 e. The van der Waals surface area contributed by atoms with Gasteiger partial charge in [0.2, 0.25) is 0 Å². The van der Waals surface area contributed by atoms with Gasteiger partial charge in [-0.05, 0) is 36.2 Å². The van der Waals surface area contributed by atoms with E-state index in [0.29, 0.717) is 17.9 Å². The summed E-state index contributed by atoms with van der Waals surface area (Å²) in [5.41, 5.74) is 1.50. The van der Waals surface area contributed by atoms with E-state index < -0.39 is 12.1 Å². The predicted molar refractivity (Wildman–Crippen MR) is 101 cm³/mol. The lowest BCUT2D eigenvalue weighted by Gasteiger charge is -2.27. The summed E-state index contributed by atoms with van der Waals surface area (Å²) in [7, 11) is 1.58. The molecule has 0 aliphatic carbocycles. The summed E-state index contributed by atoms with van der Waals surface area (Å²) in [5, 5.41) is 0. The van der Waals surface area contributed by atoms with E-state index in [4.69, 9.17) is 9.47 Å². The minimum absolute atomic E-state index is 0.158. The van der Waals surface area contributed by atoms with Gasteiger partial charge in [0.25, 0.3) is 0 Å². The van der Waals surface area contributed by atoms with Crippen molar-refractivity contribution in [2.24, 2.45) is 0 Å². The fraction of sp³-hybridized carbons (Fsp3) is 0.333. The van der Waals surface area contributed by atoms with E-state index in [1.807, 2.05) is 37.3 Å². The van der Waals surface area contributed by atoms with E-state index in [1.165, 1.54) is 4.90 Å². The lowest BCUT2D eigenvalue weighted by molar-refractivity contribution is -0.109. The number of aldehydes is 1. The molecule has 2 aromatic carbocycles. The second-order valence-corrected chi connectivity index (χ2v) is 5.95. The summed E-state index contributed by atoms with van der Waals surface area (Å²) >= 11 is 0. The average Bonchev–Trinajstić information content (AvgIpc) is 2.70. The van der Waals surface area contributed by atoms with Gasteiger partial charge in [-0.1, -0.05) is 50.1 Å². The van der Waals surface area contributed by atoms with Crippen LogP contribution in [0, 0.1) is 0 Å². The van der Waals surface area contributed by atoms with Gasteiger partial charge in [-0.25, -0.2) is 4.79 Å². The third-order valence-corrected chi connectivity index (χ3v) is 4.09. The zero-order chi connectivity index (χ0) is 18.8. The maximum absolute atomic E-state index is 12.7. The number of nitrogens with zero attached hydrogens (tertiary/aromatic N) is 1. The summed E-state index contributed by atoms with van der Waals surface area (Å²) in [6.45, 7) is 2.21. The Bertz CT molecular complexity index is 685.